The van der Waals surface area contributed by atoms with E-state index >= 15 is 0 Å². The molecular weight excluding hydrogens is 477 g/mol. The molecule has 0 aliphatic rings. The van der Waals surface area contributed by atoms with Crippen LogP contribution in [-0.4, -0.2) is 58.0 Å². The zero-order valence-electron chi connectivity index (χ0n) is 7.65. The van der Waals surface area contributed by atoms with Crippen molar-refractivity contribution in [1.82, 2.24) is 0 Å². The molecule has 0 saturated heterocycles. The molecule has 0 unspecified atom stereocenters. The molecule has 0 aromatic carbocycles. The maximum Gasteiger partial charge on any atom is 2.00 e. The average molecular weight is 479 g/mol. The van der Waals surface area contributed by atoms with Crippen molar-refractivity contribution >= 4 is 31.2 Å². The van der Waals surface area contributed by atoms with E-state index in [0.29, 0.717) is 0 Å². The Labute approximate surface area is 139 Å². The summed E-state index contributed by atoms with van der Waals surface area (Å²) in [6.45, 7) is 0. The van der Waals surface area contributed by atoms with Crippen molar-refractivity contribution in [3.05, 3.63) is 0 Å². The SMILES string of the molecule is O.O=S(=O)([O-])[O-].O=S(=O)([O-])[O-].O=S(=O)([O-])[O-].[Co+2].[Mn+2].[Ni+2]. The third kappa shape index (κ3) is 4700. The van der Waals surface area contributed by atoms with Crippen molar-refractivity contribution in [2.45, 2.75) is 0 Å². The van der Waals surface area contributed by atoms with Crippen LogP contribution < -0.4 is 0 Å². The fourth-order valence-corrected chi connectivity index (χ4v) is 0. The van der Waals surface area contributed by atoms with E-state index in [9.17, 15) is 0 Å². The molecule has 0 aliphatic carbocycles. The summed E-state index contributed by atoms with van der Waals surface area (Å²) in [4.78, 5) is 0. The van der Waals surface area contributed by atoms with Crippen molar-refractivity contribution in [2.75, 3.05) is 0 Å². The van der Waals surface area contributed by atoms with E-state index in [1.807, 2.05) is 0 Å². The minimum atomic E-state index is -5.17. The second-order valence-electron chi connectivity index (χ2n) is 1.22. The molecule has 0 fully saturated rings. The van der Waals surface area contributed by atoms with Crippen molar-refractivity contribution in [1.29, 1.82) is 0 Å². The van der Waals surface area contributed by atoms with Gasteiger partial charge in [0, 0.05) is 31.2 Å². The molecule has 0 amide bonds. The Balaban J connectivity index is -0.0000000206. The van der Waals surface area contributed by atoms with Gasteiger partial charge in [-0.15, -0.1) is 0 Å². The van der Waals surface area contributed by atoms with Crippen LogP contribution in [0.2, 0.25) is 0 Å². The van der Waals surface area contributed by atoms with Crippen molar-refractivity contribution < 1.29 is 108 Å². The average Bonchev–Trinajstić information content (AvgIpc) is 1.41. The van der Waals surface area contributed by atoms with E-state index in [2.05, 4.69) is 0 Å². The van der Waals surface area contributed by atoms with Crippen molar-refractivity contribution in [3.8, 4) is 0 Å². The van der Waals surface area contributed by atoms with Gasteiger partial charge >= 0.3 is 50.3 Å². The van der Waals surface area contributed by atoms with Crippen molar-refractivity contribution in [2.24, 2.45) is 0 Å². The van der Waals surface area contributed by atoms with E-state index in [1.54, 1.807) is 0 Å². The summed E-state index contributed by atoms with van der Waals surface area (Å²) in [5.74, 6) is 0. The van der Waals surface area contributed by atoms with Crippen LogP contribution in [-0.2, 0) is 81.5 Å². The van der Waals surface area contributed by atoms with Gasteiger partial charge in [-0.1, -0.05) is 0 Å². The molecule has 2 N–H and O–H groups in total. The van der Waals surface area contributed by atoms with Gasteiger partial charge in [0.25, 0.3) is 0 Å². The number of hydrogen-bond donors (Lipinski definition) is 0. The first-order chi connectivity index (χ1) is 6.00. The van der Waals surface area contributed by atoms with Crippen LogP contribution in [0, 0.1) is 0 Å². The molecule has 13 nitrogen and oxygen atoms in total. The van der Waals surface area contributed by atoms with E-state index in [1.165, 1.54) is 0 Å². The Kier molecular flexibility index (Phi) is 38.5. The van der Waals surface area contributed by atoms with Crippen LogP contribution in [0.25, 0.3) is 0 Å². The van der Waals surface area contributed by atoms with Gasteiger partial charge < -0.3 is 32.8 Å². The van der Waals surface area contributed by atoms with Gasteiger partial charge in [0.1, 0.15) is 0 Å². The first-order valence-electron chi connectivity index (χ1n) is 2.00. The monoisotopic (exact) mass is 478 g/mol. The zero-order valence-corrected chi connectivity index (χ0v) is 13.3. The molecule has 2 radical (unpaired) electrons. The van der Waals surface area contributed by atoms with Crippen LogP contribution in [0.3, 0.4) is 0 Å². The fourth-order valence-electron chi connectivity index (χ4n) is 0. The molecule has 0 atom stereocenters. The molecular formula is H2CoMnNiO13S3. The molecule has 19 heteroatoms. The number of rotatable bonds is 0. The van der Waals surface area contributed by atoms with E-state index < -0.39 is 31.2 Å². The molecule has 19 heavy (non-hydrogen) atoms. The van der Waals surface area contributed by atoms with Crippen molar-refractivity contribution in [3.63, 3.8) is 0 Å². The van der Waals surface area contributed by atoms with Gasteiger partial charge in [0.2, 0.25) is 0 Å². The van der Waals surface area contributed by atoms with Crippen LogP contribution in [0.15, 0.2) is 0 Å². The van der Waals surface area contributed by atoms with Crippen LogP contribution in [0.5, 0.6) is 0 Å². The summed E-state index contributed by atoms with van der Waals surface area (Å²) in [5, 5.41) is 0. The first kappa shape index (κ1) is 42.7. The van der Waals surface area contributed by atoms with Crippen LogP contribution in [0.4, 0.5) is 0 Å². The van der Waals surface area contributed by atoms with Gasteiger partial charge in [0.15, 0.2) is 0 Å². The third-order valence-corrected chi connectivity index (χ3v) is 0. The van der Waals surface area contributed by atoms with Gasteiger partial charge in [-0.2, -0.15) is 0 Å². The molecule has 0 aromatic rings. The minimum Gasteiger partial charge on any atom is -0.759 e. The summed E-state index contributed by atoms with van der Waals surface area (Å²) >= 11 is 0. The van der Waals surface area contributed by atoms with E-state index in [0.717, 1.165) is 0 Å². The first-order valence-corrected chi connectivity index (χ1v) is 6.00. The molecule has 0 rings (SSSR count). The Hall–Kier alpha value is 1.09. The predicted molar refractivity (Wildman–Crippen MR) is 35.0 cm³/mol. The van der Waals surface area contributed by atoms with Gasteiger partial charge in [-0.25, -0.2) is 0 Å². The quantitative estimate of drug-likeness (QED) is 0.180. The molecule has 0 heterocycles. The maximum absolute atomic E-state index is 8.52. The van der Waals surface area contributed by atoms with Crippen LogP contribution in [0.1, 0.15) is 0 Å². The zero-order chi connectivity index (χ0) is 13.5. The molecule has 124 valence electrons. The summed E-state index contributed by atoms with van der Waals surface area (Å²) in [7, 11) is -15.5. The van der Waals surface area contributed by atoms with E-state index in [-0.39, 0.29) is 55.8 Å². The molecule has 0 aromatic heterocycles. The molecule has 0 saturated carbocycles. The summed E-state index contributed by atoms with van der Waals surface area (Å²) < 4.78 is 102. The second-order valence-corrected chi connectivity index (χ2v) is 3.67. The fraction of sp³-hybridized carbons (Fsp3) is 0. The Morgan fingerprint density at radius 1 is 0.526 bits per heavy atom. The Bertz CT molecular complexity index is 349. The second kappa shape index (κ2) is 17.1. The molecule has 0 bridgehead atoms. The molecule has 0 aliphatic heterocycles. The summed E-state index contributed by atoms with van der Waals surface area (Å²) in [6, 6.07) is 0. The predicted octanol–water partition coefficient (Wildman–Crippen LogP) is -4.85. The number of hydrogen-bond acceptors (Lipinski definition) is 12. The summed E-state index contributed by atoms with van der Waals surface area (Å²) in [6.07, 6.45) is 0. The van der Waals surface area contributed by atoms with Gasteiger partial charge in [0.05, 0.1) is 0 Å². The molecule has 0 spiro atoms. The van der Waals surface area contributed by atoms with Crippen LogP contribution >= 0.6 is 0 Å². The largest absolute Gasteiger partial charge is 2.00 e. The van der Waals surface area contributed by atoms with Gasteiger partial charge in [-0.05, 0) is 0 Å². The third-order valence-electron chi connectivity index (χ3n) is 0. The standard InChI is InChI=1S/Co.Mn.Ni.3H2O4S.H2O/c;;;3*1-5(2,3)4;/h;;;3*(H2,1,2,3,4);1H2/q3*+2;;;;/p-6. The normalized spacial score (nSPS) is 9.16. The topological polar surface area (TPSA) is 272 Å². The smallest absolute Gasteiger partial charge is 0.759 e. The Morgan fingerprint density at radius 2 is 0.526 bits per heavy atom. The maximum atomic E-state index is 8.52. The minimum absolute atomic E-state index is 0. The Morgan fingerprint density at radius 3 is 0.526 bits per heavy atom. The van der Waals surface area contributed by atoms with Gasteiger partial charge in [-0.3, -0.25) is 25.3 Å². The van der Waals surface area contributed by atoms with E-state index in [4.69, 9.17) is 52.6 Å². The summed E-state index contributed by atoms with van der Waals surface area (Å²) in [5.41, 5.74) is 0.